The second kappa shape index (κ2) is 7.17. The lowest BCUT2D eigenvalue weighted by Crippen LogP contribution is -2.23. The molecule has 7 heteroatoms. The number of aromatic amines is 1. The highest BCUT2D eigenvalue weighted by Crippen LogP contribution is 2.17. The summed E-state index contributed by atoms with van der Waals surface area (Å²) in [5, 5.41) is 6.41. The molecule has 0 spiro atoms. The van der Waals surface area contributed by atoms with Crippen molar-refractivity contribution in [1.82, 2.24) is 15.1 Å². The van der Waals surface area contributed by atoms with Gasteiger partial charge in [-0.25, -0.2) is 4.98 Å². The van der Waals surface area contributed by atoms with E-state index in [1.807, 2.05) is 49.5 Å². The Hall–Kier alpha value is -3.25. The summed E-state index contributed by atoms with van der Waals surface area (Å²) in [6, 6.07) is 16.8. The number of carbonyl (C=O) groups is 1. The number of nitrogens with one attached hydrogen (secondary N) is 2. The molecule has 0 unspecified atom stereocenters. The number of aryl methyl sites for hydroxylation is 1. The molecule has 4 rings (SSSR count). The molecule has 6 nitrogen and oxygen atoms in total. The second-order valence-electron chi connectivity index (χ2n) is 6.06. The highest BCUT2D eigenvalue weighted by atomic mass is 35.5. The number of rotatable bonds is 4. The van der Waals surface area contributed by atoms with Gasteiger partial charge in [0.2, 0.25) is 0 Å². The molecular weight excluding hydrogens is 362 g/mol. The molecule has 2 N–H and O–H groups in total. The van der Waals surface area contributed by atoms with Crippen molar-refractivity contribution in [2.45, 2.75) is 13.3 Å². The van der Waals surface area contributed by atoms with Crippen molar-refractivity contribution >= 4 is 28.8 Å². The molecule has 134 valence electrons. The molecule has 0 aliphatic heterocycles. The number of hydrogen-bond donors (Lipinski definition) is 2. The number of fused-ring (bicyclic) bond motifs is 1. The third-order valence-electron chi connectivity index (χ3n) is 4.16. The molecule has 1 aromatic carbocycles. The molecule has 0 aliphatic rings. The summed E-state index contributed by atoms with van der Waals surface area (Å²) in [5.74, 6) is 0.518. The van der Waals surface area contributed by atoms with Gasteiger partial charge in [-0.1, -0.05) is 36.7 Å². The summed E-state index contributed by atoms with van der Waals surface area (Å²) in [7, 11) is 0. The van der Waals surface area contributed by atoms with E-state index in [1.54, 1.807) is 22.7 Å². The van der Waals surface area contributed by atoms with Crippen LogP contribution in [0.5, 0.6) is 0 Å². The summed E-state index contributed by atoms with van der Waals surface area (Å²) in [6.07, 6.45) is 2.53. The zero-order valence-corrected chi connectivity index (χ0v) is 15.4. The molecule has 3 aromatic heterocycles. The molecule has 3 heterocycles. The average Bonchev–Trinajstić information content (AvgIpc) is 3.11. The predicted molar refractivity (Wildman–Crippen MR) is 104 cm³/mol. The van der Waals surface area contributed by atoms with Crippen molar-refractivity contribution in [1.29, 1.82) is 0 Å². The Morgan fingerprint density at radius 2 is 1.96 bits per heavy atom. The van der Waals surface area contributed by atoms with Crippen LogP contribution >= 0.6 is 11.6 Å². The number of H-pyrrole nitrogens is 1. The van der Waals surface area contributed by atoms with Crippen LogP contribution in [0.15, 0.2) is 60.8 Å². The van der Waals surface area contributed by atoms with E-state index in [2.05, 4.69) is 20.4 Å². The Balaban J connectivity index is 1.61. The van der Waals surface area contributed by atoms with Gasteiger partial charge in [0.1, 0.15) is 11.3 Å². The Labute approximate surface area is 160 Å². The maximum absolute atomic E-state index is 12.6. The number of nitrogens with zero attached hydrogens (tertiary/aromatic N) is 3. The number of aromatic nitrogens is 4. The SMILES string of the molecule is CCc1cc(C(=O)Nc2cc[n+]3[nH]c(-c4ccccc4)nc3c2)cc(Cl)n1. The number of hydrogen-bond acceptors (Lipinski definition) is 3. The number of amides is 1. The minimum Gasteiger partial charge on any atom is -0.322 e. The molecule has 0 aliphatic carbocycles. The van der Waals surface area contributed by atoms with Crippen molar-refractivity contribution < 1.29 is 9.31 Å². The van der Waals surface area contributed by atoms with Crippen LogP contribution in [0.2, 0.25) is 5.15 Å². The second-order valence-corrected chi connectivity index (χ2v) is 6.45. The van der Waals surface area contributed by atoms with E-state index in [0.29, 0.717) is 28.5 Å². The van der Waals surface area contributed by atoms with Gasteiger partial charge in [-0.2, -0.15) is 5.10 Å². The van der Waals surface area contributed by atoms with Crippen molar-refractivity contribution in [3.8, 4) is 11.4 Å². The van der Waals surface area contributed by atoms with Gasteiger partial charge in [-0.15, -0.1) is 4.52 Å². The van der Waals surface area contributed by atoms with Crippen LogP contribution < -0.4 is 9.83 Å². The monoisotopic (exact) mass is 378 g/mol. The third kappa shape index (κ3) is 3.66. The molecule has 0 bridgehead atoms. The Kier molecular flexibility index (Phi) is 4.56. The zero-order valence-electron chi connectivity index (χ0n) is 14.6. The van der Waals surface area contributed by atoms with E-state index in [1.165, 1.54) is 0 Å². The Bertz CT molecular complexity index is 1120. The van der Waals surface area contributed by atoms with E-state index >= 15 is 0 Å². The summed E-state index contributed by atoms with van der Waals surface area (Å²) >= 11 is 6.01. The smallest absolute Gasteiger partial charge is 0.322 e. The molecule has 27 heavy (non-hydrogen) atoms. The molecule has 0 radical (unpaired) electrons. The summed E-state index contributed by atoms with van der Waals surface area (Å²) in [4.78, 5) is 21.3. The molecule has 0 fully saturated rings. The molecule has 4 aromatic rings. The van der Waals surface area contributed by atoms with Crippen LogP contribution in [0, 0.1) is 0 Å². The fourth-order valence-electron chi connectivity index (χ4n) is 2.79. The standard InChI is InChI=1S/C20H16ClN5O/c1-2-15-10-14(11-17(21)22-15)20(27)23-16-8-9-26-18(12-16)24-19(25-26)13-6-4-3-5-7-13/h3-12H,2H2,1H3,(H,23,24,25,27)/p+1. The summed E-state index contributed by atoms with van der Waals surface area (Å²) in [5.41, 5.74) is 3.60. The van der Waals surface area contributed by atoms with E-state index in [4.69, 9.17) is 11.6 Å². The van der Waals surface area contributed by atoms with Gasteiger partial charge < -0.3 is 5.32 Å². The number of anilines is 1. The van der Waals surface area contributed by atoms with Crippen LogP contribution in [-0.4, -0.2) is 21.0 Å². The number of halogens is 1. The lowest BCUT2D eigenvalue weighted by atomic mass is 10.2. The van der Waals surface area contributed by atoms with Crippen LogP contribution in [-0.2, 0) is 6.42 Å². The minimum absolute atomic E-state index is 0.239. The van der Waals surface area contributed by atoms with Crippen molar-refractivity contribution in [2.24, 2.45) is 0 Å². The fraction of sp³-hybridized carbons (Fsp3) is 0.100. The van der Waals surface area contributed by atoms with Crippen LogP contribution in [0.3, 0.4) is 0 Å². The van der Waals surface area contributed by atoms with Crippen LogP contribution in [0.25, 0.3) is 17.0 Å². The van der Waals surface area contributed by atoms with E-state index in [9.17, 15) is 4.79 Å². The van der Waals surface area contributed by atoms with Gasteiger partial charge in [-0.05, 0) is 35.7 Å². The molecule has 0 saturated carbocycles. The normalized spacial score (nSPS) is 10.9. The first kappa shape index (κ1) is 17.2. The fourth-order valence-corrected chi connectivity index (χ4v) is 3.02. The Morgan fingerprint density at radius 3 is 2.74 bits per heavy atom. The minimum atomic E-state index is -0.239. The van der Waals surface area contributed by atoms with E-state index in [0.717, 1.165) is 17.1 Å². The first-order valence-corrected chi connectivity index (χ1v) is 8.95. The van der Waals surface area contributed by atoms with Crippen molar-refractivity contribution in [3.05, 3.63) is 77.2 Å². The average molecular weight is 379 g/mol. The van der Waals surface area contributed by atoms with Gasteiger partial charge in [-0.3, -0.25) is 4.79 Å². The van der Waals surface area contributed by atoms with E-state index in [-0.39, 0.29) is 5.91 Å². The molecule has 1 amide bonds. The maximum Gasteiger partial charge on any atom is 0.351 e. The summed E-state index contributed by atoms with van der Waals surface area (Å²) < 4.78 is 1.80. The van der Waals surface area contributed by atoms with Crippen molar-refractivity contribution in [2.75, 3.05) is 5.32 Å². The summed E-state index contributed by atoms with van der Waals surface area (Å²) in [6.45, 7) is 1.97. The van der Waals surface area contributed by atoms with Crippen LogP contribution in [0.4, 0.5) is 5.69 Å². The first-order chi connectivity index (χ1) is 13.1. The highest BCUT2D eigenvalue weighted by Gasteiger charge is 2.16. The van der Waals surface area contributed by atoms with Crippen molar-refractivity contribution in [3.63, 3.8) is 0 Å². The van der Waals surface area contributed by atoms with Gasteiger partial charge in [0.15, 0.2) is 0 Å². The van der Waals surface area contributed by atoms with Gasteiger partial charge in [0.25, 0.3) is 11.7 Å². The molecule has 0 atom stereocenters. The number of pyridine rings is 2. The van der Waals surface area contributed by atoms with Gasteiger partial charge in [0, 0.05) is 22.9 Å². The number of benzene rings is 1. The lowest BCUT2D eigenvalue weighted by molar-refractivity contribution is -0.576. The largest absolute Gasteiger partial charge is 0.351 e. The third-order valence-corrected chi connectivity index (χ3v) is 4.36. The lowest BCUT2D eigenvalue weighted by Gasteiger charge is -2.06. The number of carbonyl (C=O) groups excluding carboxylic acids is 1. The predicted octanol–water partition coefficient (Wildman–Crippen LogP) is 3.68. The van der Waals surface area contributed by atoms with Crippen LogP contribution in [0.1, 0.15) is 23.0 Å². The van der Waals surface area contributed by atoms with Gasteiger partial charge in [0.05, 0.1) is 11.8 Å². The highest BCUT2D eigenvalue weighted by molar-refractivity contribution is 6.29. The maximum atomic E-state index is 12.6. The zero-order chi connectivity index (χ0) is 18.8. The quantitative estimate of drug-likeness (QED) is 0.420. The molecule has 0 saturated heterocycles. The first-order valence-electron chi connectivity index (χ1n) is 8.57. The molecular formula is C20H17ClN5O+. The van der Waals surface area contributed by atoms with E-state index < -0.39 is 0 Å². The van der Waals surface area contributed by atoms with Gasteiger partial charge >= 0.3 is 5.65 Å². The Morgan fingerprint density at radius 1 is 1.15 bits per heavy atom. The topological polar surface area (TPSA) is 74.8 Å².